The summed E-state index contributed by atoms with van der Waals surface area (Å²) in [6.07, 6.45) is 0. The molecule has 3 nitrogen and oxygen atoms in total. The molecule has 2 aromatic rings. The Bertz CT molecular complexity index is 584. The van der Waals surface area contributed by atoms with E-state index in [1.807, 2.05) is 39.2 Å². The van der Waals surface area contributed by atoms with Crippen LogP contribution in [-0.4, -0.2) is 36.7 Å². The lowest BCUT2D eigenvalue weighted by atomic mass is 10.1. The van der Waals surface area contributed by atoms with Crippen molar-refractivity contribution in [2.45, 2.75) is 24.0 Å². The molecule has 0 unspecified atom stereocenters. The van der Waals surface area contributed by atoms with Crippen LogP contribution in [0.25, 0.3) is 0 Å². The fourth-order valence-electron chi connectivity index (χ4n) is 2.28. The van der Waals surface area contributed by atoms with E-state index in [2.05, 4.69) is 39.2 Å². The molecular weight excluding hydrogens is 324 g/mol. The van der Waals surface area contributed by atoms with Crippen molar-refractivity contribution in [2.24, 2.45) is 0 Å². The molecule has 0 saturated heterocycles. The Kier molecular flexibility index (Phi) is 7.15. The van der Waals surface area contributed by atoms with Crippen molar-refractivity contribution in [3.05, 3.63) is 58.3 Å². The summed E-state index contributed by atoms with van der Waals surface area (Å²) in [7, 11) is 4.09. The maximum absolute atomic E-state index is 12.3. The van der Waals surface area contributed by atoms with Crippen molar-refractivity contribution in [2.75, 3.05) is 20.6 Å². The van der Waals surface area contributed by atoms with E-state index in [1.54, 1.807) is 23.1 Å². The van der Waals surface area contributed by atoms with Gasteiger partial charge in [0.2, 0.25) is 5.91 Å². The minimum atomic E-state index is -0.0551. The van der Waals surface area contributed by atoms with Gasteiger partial charge in [-0.25, -0.2) is 0 Å². The van der Waals surface area contributed by atoms with E-state index in [1.165, 1.54) is 11.1 Å². The fraction of sp³-hybridized carbons (Fsp3) is 0.389. The van der Waals surface area contributed by atoms with E-state index < -0.39 is 0 Å². The van der Waals surface area contributed by atoms with Crippen LogP contribution in [0.1, 0.15) is 24.1 Å². The SMILES string of the molecule is C[C@@H](SCc1ccccc1)C(=O)NC[C@H](c1ccsc1)N(C)C. The van der Waals surface area contributed by atoms with Gasteiger partial charge in [0.05, 0.1) is 11.3 Å². The van der Waals surface area contributed by atoms with Crippen molar-refractivity contribution >= 4 is 29.0 Å². The van der Waals surface area contributed by atoms with E-state index in [4.69, 9.17) is 0 Å². The first-order valence-corrected chi connectivity index (χ1v) is 9.69. The molecular formula is C18H24N2OS2. The number of amides is 1. The van der Waals surface area contributed by atoms with E-state index in [0.717, 1.165) is 5.75 Å². The average Bonchev–Trinajstić information content (AvgIpc) is 3.07. The number of hydrogen-bond acceptors (Lipinski definition) is 4. The van der Waals surface area contributed by atoms with Gasteiger partial charge in [0, 0.05) is 12.3 Å². The summed E-state index contributed by atoms with van der Waals surface area (Å²) in [5.41, 5.74) is 2.51. The highest BCUT2D eigenvalue weighted by Gasteiger charge is 2.18. The molecule has 124 valence electrons. The van der Waals surface area contributed by atoms with Gasteiger partial charge in [-0.2, -0.15) is 11.3 Å². The minimum Gasteiger partial charge on any atom is -0.353 e. The van der Waals surface area contributed by atoms with Crippen molar-refractivity contribution < 1.29 is 4.79 Å². The second-order valence-corrected chi connectivity index (χ2v) is 7.83. The largest absolute Gasteiger partial charge is 0.353 e. The van der Waals surface area contributed by atoms with Crippen LogP contribution in [-0.2, 0) is 10.5 Å². The van der Waals surface area contributed by atoms with Crippen molar-refractivity contribution in [3.8, 4) is 0 Å². The lowest BCUT2D eigenvalue weighted by Crippen LogP contribution is -2.37. The van der Waals surface area contributed by atoms with Gasteiger partial charge in [-0.05, 0) is 49.0 Å². The Morgan fingerprint density at radius 1 is 1.26 bits per heavy atom. The summed E-state index contributed by atoms with van der Waals surface area (Å²) in [5, 5.41) is 7.26. The monoisotopic (exact) mass is 348 g/mol. The Hall–Kier alpha value is -1.30. The zero-order valence-electron chi connectivity index (χ0n) is 13.9. The Morgan fingerprint density at radius 3 is 2.61 bits per heavy atom. The van der Waals surface area contributed by atoms with Crippen LogP contribution < -0.4 is 5.32 Å². The molecule has 1 aromatic carbocycles. The zero-order valence-corrected chi connectivity index (χ0v) is 15.5. The van der Waals surface area contributed by atoms with Gasteiger partial charge in [-0.15, -0.1) is 11.8 Å². The molecule has 0 bridgehead atoms. The molecule has 2 atom stereocenters. The van der Waals surface area contributed by atoms with Gasteiger partial charge in [-0.1, -0.05) is 30.3 Å². The maximum Gasteiger partial charge on any atom is 0.232 e. The van der Waals surface area contributed by atoms with Gasteiger partial charge in [0.15, 0.2) is 0 Å². The van der Waals surface area contributed by atoms with E-state index >= 15 is 0 Å². The highest BCUT2D eigenvalue weighted by molar-refractivity contribution is 7.99. The number of carbonyl (C=O) groups is 1. The summed E-state index contributed by atoms with van der Waals surface area (Å²) in [5.74, 6) is 0.963. The van der Waals surface area contributed by atoms with Crippen LogP contribution in [0.2, 0.25) is 0 Å². The van der Waals surface area contributed by atoms with Crippen LogP contribution >= 0.6 is 23.1 Å². The highest BCUT2D eigenvalue weighted by atomic mass is 32.2. The number of thioether (sulfide) groups is 1. The minimum absolute atomic E-state index is 0.0551. The lowest BCUT2D eigenvalue weighted by molar-refractivity contribution is -0.120. The summed E-state index contributed by atoms with van der Waals surface area (Å²) in [6.45, 7) is 2.61. The Morgan fingerprint density at radius 2 is 2.00 bits per heavy atom. The first kappa shape index (κ1) is 18.0. The standard InChI is InChI=1S/C18H24N2OS2/c1-14(23-12-15-7-5-4-6-8-15)18(21)19-11-17(20(2)3)16-9-10-22-13-16/h4-10,13-14,17H,11-12H2,1-3H3,(H,19,21)/t14-,17-/m1/s1. The Labute approximate surface area is 147 Å². The third kappa shape index (κ3) is 5.68. The molecule has 5 heteroatoms. The van der Waals surface area contributed by atoms with Crippen LogP contribution in [0.3, 0.4) is 0 Å². The van der Waals surface area contributed by atoms with Crippen molar-refractivity contribution in [3.63, 3.8) is 0 Å². The number of likely N-dealkylation sites (N-methyl/N-ethyl adjacent to an activating group) is 1. The van der Waals surface area contributed by atoms with Gasteiger partial charge in [-0.3, -0.25) is 4.79 Å². The van der Waals surface area contributed by atoms with Gasteiger partial charge < -0.3 is 10.2 Å². The highest BCUT2D eigenvalue weighted by Crippen LogP contribution is 2.21. The molecule has 0 radical (unpaired) electrons. The molecule has 0 spiro atoms. The molecule has 2 rings (SSSR count). The van der Waals surface area contributed by atoms with Crippen LogP contribution in [0, 0.1) is 0 Å². The summed E-state index contributed by atoms with van der Waals surface area (Å²) >= 11 is 3.36. The molecule has 0 fully saturated rings. The molecule has 1 aromatic heterocycles. The molecule has 0 aliphatic carbocycles. The number of nitrogens with zero attached hydrogens (tertiary/aromatic N) is 1. The number of carbonyl (C=O) groups excluding carboxylic acids is 1. The normalized spacial score (nSPS) is 13.7. The summed E-state index contributed by atoms with van der Waals surface area (Å²) in [4.78, 5) is 14.5. The molecule has 0 aliphatic rings. The average molecular weight is 349 g/mol. The third-order valence-electron chi connectivity index (χ3n) is 3.73. The number of hydrogen-bond donors (Lipinski definition) is 1. The topological polar surface area (TPSA) is 32.3 Å². The molecule has 0 aliphatic heterocycles. The van der Waals surface area contributed by atoms with Crippen LogP contribution in [0.5, 0.6) is 0 Å². The third-order valence-corrected chi connectivity index (χ3v) is 5.65. The quantitative estimate of drug-likeness (QED) is 0.788. The van der Waals surface area contributed by atoms with Crippen LogP contribution in [0.15, 0.2) is 47.2 Å². The van der Waals surface area contributed by atoms with E-state index in [-0.39, 0.29) is 17.2 Å². The molecule has 23 heavy (non-hydrogen) atoms. The fourth-order valence-corrected chi connectivity index (χ4v) is 3.85. The first-order chi connectivity index (χ1) is 11.1. The molecule has 1 heterocycles. The first-order valence-electron chi connectivity index (χ1n) is 7.69. The predicted octanol–water partition coefficient (Wildman–Crippen LogP) is 3.79. The van der Waals surface area contributed by atoms with E-state index in [9.17, 15) is 4.79 Å². The maximum atomic E-state index is 12.3. The second-order valence-electron chi connectivity index (χ2n) is 5.72. The molecule has 1 amide bonds. The van der Waals surface area contributed by atoms with Gasteiger partial charge in [0.1, 0.15) is 0 Å². The van der Waals surface area contributed by atoms with Gasteiger partial charge >= 0.3 is 0 Å². The number of rotatable bonds is 8. The summed E-state index contributed by atoms with van der Waals surface area (Å²) < 4.78 is 0. The smallest absolute Gasteiger partial charge is 0.232 e. The number of benzene rings is 1. The number of thiophene rings is 1. The lowest BCUT2D eigenvalue weighted by Gasteiger charge is -2.24. The van der Waals surface area contributed by atoms with Crippen LogP contribution in [0.4, 0.5) is 0 Å². The predicted molar refractivity (Wildman–Crippen MR) is 101 cm³/mol. The zero-order chi connectivity index (χ0) is 16.7. The Balaban J connectivity index is 1.81. The second kappa shape index (κ2) is 9.11. The summed E-state index contributed by atoms with van der Waals surface area (Å²) in [6, 6.07) is 12.6. The number of nitrogens with one attached hydrogen (secondary N) is 1. The molecule has 1 N–H and O–H groups in total. The van der Waals surface area contributed by atoms with E-state index in [0.29, 0.717) is 6.54 Å². The van der Waals surface area contributed by atoms with Gasteiger partial charge in [0.25, 0.3) is 0 Å². The molecule has 0 saturated carbocycles. The van der Waals surface area contributed by atoms with Crippen molar-refractivity contribution in [1.82, 2.24) is 10.2 Å². The van der Waals surface area contributed by atoms with Crippen molar-refractivity contribution in [1.29, 1.82) is 0 Å².